The summed E-state index contributed by atoms with van der Waals surface area (Å²) in [5, 5.41) is 3.26. The van der Waals surface area contributed by atoms with Crippen LogP contribution in [0.25, 0.3) is 0 Å². The van der Waals surface area contributed by atoms with Crippen LogP contribution in [0.15, 0.2) is 36.4 Å². The molecule has 0 heterocycles. The van der Waals surface area contributed by atoms with Gasteiger partial charge in [-0.2, -0.15) is 0 Å². The Balaban J connectivity index is 2.26. The minimum atomic E-state index is -0.432. The van der Waals surface area contributed by atoms with E-state index in [9.17, 15) is 8.78 Å². The molecule has 4 heteroatoms. The number of likely N-dealkylation sites (N-methyl/N-ethyl adjacent to an activating group) is 1. The van der Waals surface area contributed by atoms with Crippen molar-refractivity contribution in [2.45, 2.75) is 19.4 Å². The Bertz CT molecular complexity index is 593. The predicted molar refractivity (Wildman–Crippen MR) is 78.1 cm³/mol. The maximum atomic E-state index is 13.5. The Morgan fingerprint density at radius 2 is 1.90 bits per heavy atom. The van der Waals surface area contributed by atoms with E-state index in [4.69, 9.17) is 11.6 Å². The highest BCUT2D eigenvalue weighted by molar-refractivity contribution is 6.30. The van der Waals surface area contributed by atoms with E-state index in [1.165, 1.54) is 18.2 Å². The Kier molecular flexibility index (Phi) is 4.73. The fraction of sp³-hybridized carbons (Fsp3) is 0.250. The lowest BCUT2D eigenvalue weighted by atomic mass is 9.97. The largest absolute Gasteiger partial charge is 0.313 e. The third-order valence-electron chi connectivity index (χ3n) is 3.24. The summed E-state index contributed by atoms with van der Waals surface area (Å²) in [4.78, 5) is 0. The van der Waals surface area contributed by atoms with Crippen molar-refractivity contribution in [2.75, 3.05) is 7.05 Å². The molecule has 0 bridgehead atoms. The Hall–Kier alpha value is -1.45. The zero-order valence-electron chi connectivity index (χ0n) is 11.4. The van der Waals surface area contributed by atoms with Crippen LogP contribution in [0.5, 0.6) is 0 Å². The van der Waals surface area contributed by atoms with Crippen LogP contribution in [0.1, 0.15) is 22.7 Å². The first-order valence-corrected chi connectivity index (χ1v) is 6.75. The summed E-state index contributed by atoms with van der Waals surface area (Å²) in [7, 11) is 1.82. The van der Waals surface area contributed by atoms with Crippen molar-refractivity contribution in [3.63, 3.8) is 0 Å². The first-order valence-electron chi connectivity index (χ1n) is 6.38. The minimum absolute atomic E-state index is 0.0501. The second-order valence-electron chi connectivity index (χ2n) is 4.86. The van der Waals surface area contributed by atoms with Crippen LogP contribution in [-0.2, 0) is 6.42 Å². The predicted octanol–water partition coefficient (Wildman–Crippen LogP) is 4.43. The fourth-order valence-corrected chi connectivity index (χ4v) is 2.46. The van der Waals surface area contributed by atoms with Crippen molar-refractivity contribution >= 4 is 11.6 Å². The first kappa shape index (κ1) is 14.9. The summed E-state index contributed by atoms with van der Waals surface area (Å²) in [5.41, 5.74) is 2.64. The van der Waals surface area contributed by atoms with Gasteiger partial charge in [-0.25, -0.2) is 8.78 Å². The second kappa shape index (κ2) is 6.33. The van der Waals surface area contributed by atoms with E-state index in [0.717, 1.165) is 16.7 Å². The molecule has 0 aliphatic carbocycles. The number of hydrogen-bond acceptors (Lipinski definition) is 1. The van der Waals surface area contributed by atoms with Crippen LogP contribution in [-0.4, -0.2) is 7.05 Å². The second-order valence-corrected chi connectivity index (χ2v) is 5.26. The number of aryl methyl sites for hydroxylation is 1. The number of halogens is 3. The molecule has 2 rings (SSSR count). The van der Waals surface area contributed by atoms with Crippen LogP contribution >= 0.6 is 11.6 Å². The van der Waals surface area contributed by atoms with Crippen LogP contribution in [0, 0.1) is 18.6 Å². The van der Waals surface area contributed by atoms with Gasteiger partial charge in [0.25, 0.3) is 0 Å². The maximum absolute atomic E-state index is 13.5. The van der Waals surface area contributed by atoms with Gasteiger partial charge in [-0.1, -0.05) is 23.7 Å². The van der Waals surface area contributed by atoms with E-state index in [2.05, 4.69) is 5.32 Å². The van der Waals surface area contributed by atoms with Crippen molar-refractivity contribution in [3.05, 3.63) is 69.7 Å². The van der Waals surface area contributed by atoms with E-state index in [1.807, 2.05) is 20.0 Å². The number of nitrogens with one attached hydrogen (secondary N) is 1. The third-order valence-corrected chi connectivity index (χ3v) is 3.53. The number of benzene rings is 2. The quantitative estimate of drug-likeness (QED) is 0.880. The molecule has 0 aliphatic heterocycles. The van der Waals surface area contributed by atoms with Gasteiger partial charge in [-0.15, -0.1) is 0 Å². The average molecular weight is 296 g/mol. The van der Waals surface area contributed by atoms with E-state index < -0.39 is 5.82 Å². The highest BCUT2D eigenvalue weighted by atomic mass is 35.5. The van der Waals surface area contributed by atoms with E-state index in [-0.39, 0.29) is 16.9 Å². The summed E-state index contributed by atoms with van der Waals surface area (Å²) in [6.45, 7) is 1.86. The summed E-state index contributed by atoms with van der Waals surface area (Å²) in [6, 6.07) is 9.54. The standard InChI is InChI=1S/C16H16ClF2N/c1-10-5-12(9-13(18)6-10)16(20-2)8-11-3-4-15(19)14(17)7-11/h3-7,9,16,20H,8H2,1-2H3. The molecule has 2 aromatic carbocycles. The normalized spacial score (nSPS) is 12.4. The van der Waals surface area contributed by atoms with Crippen LogP contribution in [0.2, 0.25) is 5.02 Å². The summed E-state index contributed by atoms with van der Waals surface area (Å²) >= 11 is 5.78. The Labute approximate surface area is 122 Å². The van der Waals surface area contributed by atoms with Gasteiger partial charge in [0, 0.05) is 6.04 Å². The van der Waals surface area contributed by atoms with Crippen LogP contribution in [0.4, 0.5) is 8.78 Å². The summed E-state index contributed by atoms with van der Waals surface area (Å²) in [5.74, 6) is -0.685. The molecule has 106 valence electrons. The highest BCUT2D eigenvalue weighted by Crippen LogP contribution is 2.23. The van der Waals surface area contributed by atoms with E-state index in [0.29, 0.717) is 6.42 Å². The third kappa shape index (κ3) is 3.56. The Morgan fingerprint density at radius 3 is 2.50 bits per heavy atom. The average Bonchev–Trinajstić information content (AvgIpc) is 2.38. The lowest BCUT2D eigenvalue weighted by Gasteiger charge is -2.18. The maximum Gasteiger partial charge on any atom is 0.141 e. The molecule has 2 aromatic rings. The molecular formula is C16H16ClF2N. The lowest BCUT2D eigenvalue weighted by Crippen LogP contribution is -2.19. The SMILES string of the molecule is CNC(Cc1ccc(F)c(Cl)c1)c1cc(C)cc(F)c1. The first-order chi connectivity index (χ1) is 9.49. The van der Waals surface area contributed by atoms with Crippen molar-refractivity contribution < 1.29 is 8.78 Å². The molecule has 0 aliphatic rings. The van der Waals surface area contributed by atoms with Crippen LogP contribution in [0.3, 0.4) is 0 Å². The van der Waals surface area contributed by atoms with Gasteiger partial charge in [0.15, 0.2) is 0 Å². The number of hydrogen-bond donors (Lipinski definition) is 1. The summed E-state index contributed by atoms with van der Waals surface area (Å²) in [6.07, 6.45) is 0.611. The monoisotopic (exact) mass is 295 g/mol. The zero-order chi connectivity index (χ0) is 14.7. The highest BCUT2D eigenvalue weighted by Gasteiger charge is 2.13. The van der Waals surface area contributed by atoms with Gasteiger partial charge in [0.05, 0.1) is 5.02 Å². The zero-order valence-corrected chi connectivity index (χ0v) is 12.1. The van der Waals surface area contributed by atoms with Crippen molar-refractivity contribution in [1.29, 1.82) is 0 Å². The molecule has 0 saturated heterocycles. The molecule has 0 saturated carbocycles. The minimum Gasteiger partial charge on any atom is -0.313 e. The topological polar surface area (TPSA) is 12.0 Å². The van der Waals surface area contributed by atoms with Crippen LogP contribution < -0.4 is 5.32 Å². The van der Waals surface area contributed by atoms with Crippen molar-refractivity contribution in [2.24, 2.45) is 0 Å². The van der Waals surface area contributed by atoms with Gasteiger partial charge in [-0.05, 0) is 61.3 Å². The van der Waals surface area contributed by atoms with Gasteiger partial charge < -0.3 is 5.32 Å². The molecule has 0 amide bonds. The molecule has 0 aromatic heterocycles. The molecular weight excluding hydrogens is 280 g/mol. The molecule has 0 fully saturated rings. The molecule has 0 spiro atoms. The molecule has 20 heavy (non-hydrogen) atoms. The summed E-state index contributed by atoms with van der Waals surface area (Å²) < 4.78 is 26.6. The number of rotatable bonds is 4. The fourth-order valence-electron chi connectivity index (χ4n) is 2.25. The van der Waals surface area contributed by atoms with Gasteiger partial charge in [0.1, 0.15) is 11.6 Å². The van der Waals surface area contributed by atoms with Gasteiger partial charge in [-0.3, -0.25) is 0 Å². The smallest absolute Gasteiger partial charge is 0.141 e. The van der Waals surface area contributed by atoms with E-state index >= 15 is 0 Å². The molecule has 1 N–H and O–H groups in total. The molecule has 0 radical (unpaired) electrons. The van der Waals surface area contributed by atoms with Gasteiger partial charge in [0.2, 0.25) is 0 Å². The lowest BCUT2D eigenvalue weighted by molar-refractivity contribution is 0.575. The molecule has 1 nitrogen and oxygen atoms in total. The molecule has 1 atom stereocenters. The van der Waals surface area contributed by atoms with Gasteiger partial charge >= 0.3 is 0 Å². The van der Waals surface area contributed by atoms with E-state index in [1.54, 1.807) is 12.1 Å². The molecule has 1 unspecified atom stereocenters. The van der Waals surface area contributed by atoms with Crippen molar-refractivity contribution in [1.82, 2.24) is 5.32 Å². The Morgan fingerprint density at radius 1 is 1.15 bits per heavy atom. The van der Waals surface area contributed by atoms with Crippen molar-refractivity contribution in [3.8, 4) is 0 Å².